The van der Waals surface area contributed by atoms with Crippen LogP contribution in [-0.4, -0.2) is 9.68 Å². The van der Waals surface area contributed by atoms with Crippen molar-refractivity contribution in [2.75, 3.05) is 0 Å². The summed E-state index contributed by atoms with van der Waals surface area (Å²) in [7, 11) is -0.196. The largest absolute Gasteiger partial charge is 0.355 e. The summed E-state index contributed by atoms with van der Waals surface area (Å²) >= 11 is 0. The van der Waals surface area contributed by atoms with Gasteiger partial charge < -0.3 is 5.40 Å². The summed E-state index contributed by atoms with van der Waals surface area (Å²) in [5.74, 6) is 0. The van der Waals surface area contributed by atoms with Crippen molar-refractivity contribution in [2.24, 2.45) is 5.40 Å². The van der Waals surface area contributed by atoms with Gasteiger partial charge in [-0.05, 0) is 5.54 Å². The number of hydrogen-bond acceptors (Lipinski definition) is 1. The average molecular weight is 159 g/mol. The van der Waals surface area contributed by atoms with Gasteiger partial charge in [-0.15, -0.1) is 0 Å². The Kier molecular flexibility index (Phi) is 7.41. The molecule has 0 fully saturated rings. The first-order valence-electron chi connectivity index (χ1n) is 4.51. The molecule has 2 heteroatoms. The molecule has 0 aromatic carbocycles. The second-order valence-electron chi connectivity index (χ2n) is 3.19. The standard InChI is InChI=1S/C8H21NSi/c1-3-4-5-6-7-8(2)10-9/h8H,3-7,9-10H2,1-2H3. The van der Waals surface area contributed by atoms with E-state index in [0.29, 0.717) is 0 Å². The highest BCUT2D eigenvalue weighted by Gasteiger charge is 1.97. The first-order chi connectivity index (χ1) is 4.81. The minimum atomic E-state index is -0.196. The Bertz CT molecular complexity index is 66.3. The van der Waals surface area contributed by atoms with Crippen molar-refractivity contribution in [1.29, 1.82) is 0 Å². The molecule has 0 rings (SSSR count). The molecule has 0 spiro atoms. The highest BCUT2D eigenvalue weighted by Crippen LogP contribution is 2.12. The Morgan fingerprint density at radius 1 is 1.30 bits per heavy atom. The molecule has 0 aliphatic carbocycles. The van der Waals surface area contributed by atoms with Gasteiger partial charge >= 0.3 is 0 Å². The number of unbranched alkanes of at least 4 members (excludes halogenated alkanes) is 3. The van der Waals surface area contributed by atoms with E-state index >= 15 is 0 Å². The van der Waals surface area contributed by atoms with E-state index in [9.17, 15) is 0 Å². The minimum Gasteiger partial charge on any atom is -0.355 e. The highest BCUT2D eigenvalue weighted by molar-refractivity contribution is 6.32. The van der Waals surface area contributed by atoms with Crippen LogP contribution in [0.1, 0.15) is 46.0 Å². The molecule has 2 N–H and O–H groups in total. The molecule has 0 amide bonds. The summed E-state index contributed by atoms with van der Waals surface area (Å²) in [4.78, 5) is 0. The topological polar surface area (TPSA) is 26.0 Å². The van der Waals surface area contributed by atoms with Crippen LogP contribution in [0, 0.1) is 0 Å². The molecule has 1 unspecified atom stereocenters. The molecule has 1 nitrogen and oxygen atoms in total. The van der Waals surface area contributed by atoms with Gasteiger partial charge in [0.25, 0.3) is 0 Å². The van der Waals surface area contributed by atoms with Crippen molar-refractivity contribution >= 4 is 9.68 Å². The van der Waals surface area contributed by atoms with Gasteiger partial charge in [-0.3, -0.25) is 0 Å². The van der Waals surface area contributed by atoms with Crippen LogP contribution in [0.3, 0.4) is 0 Å². The van der Waals surface area contributed by atoms with E-state index in [2.05, 4.69) is 13.8 Å². The van der Waals surface area contributed by atoms with Crippen LogP contribution in [0.15, 0.2) is 0 Å². The van der Waals surface area contributed by atoms with E-state index in [1.54, 1.807) is 0 Å². The SMILES string of the molecule is CCCCCCC(C)[SiH2]N. The normalized spacial score (nSPS) is 14.7. The predicted molar refractivity (Wildman–Crippen MR) is 50.9 cm³/mol. The van der Waals surface area contributed by atoms with Crippen LogP contribution < -0.4 is 5.40 Å². The second-order valence-corrected chi connectivity index (χ2v) is 5.06. The van der Waals surface area contributed by atoms with Crippen LogP contribution >= 0.6 is 0 Å². The Labute approximate surface area is 67.3 Å². The number of rotatable bonds is 6. The molecule has 0 aromatic heterocycles. The van der Waals surface area contributed by atoms with Gasteiger partial charge in [-0.2, -0.15) is 0 Å². The van der Waals surface area contributed by atoms with Gasteiger partial charge in [0.05, 0.1) is 9.68 Å². The zero-order valence-corrected chi connectivity index (χ0v) is 8.81. The molecular formula is C8H21NSi. The number of hydrogen-bond donors (Lipinski definition) is 1. The maximum atomic E-state index is 5.63. The molecule has 62 valence electrons. The van der Waals surface area contributed by atoms with E-state index in [0.717, 1.165) is 5.54 Å². The Balaban J connectivity index is 2.89. The third-order valence-corrected chi connectivity index (χ3v) is 3.17. The summed E-state index contributed by atoms with van der Waals surface area (Å²) < 4.78 is 0. The Hall–Kier alpha value is 0.177. The molecule has 0 aliphatic heterocycles. The molecule has 1 atom stereocenters. The molecule has 0 saturated heterocycles. The highest BCUT2D eigenvalue weighted by atomic mass is 28.2. The van der Waals surface area contributed by atoms with E-state index in [-0.39, 0.29) is 9.68 Å². The maximum Gasteiger partial charge on any atom is 0.0916 e. The predicted octanol–water partition coefficient (Wildman–Crippen LogP) is 1.81. The molecular weight excluding hydrogens is 138 g/mol. The molecule has 0 heterocycles. The first-order valence-corrected chi connectivity index (χ1v) is 6.14. The van der Waals surface area contributed by atoms with Gasteiger partial charge in [-0.25, -0.2) is 0 Å². The van der Waals surface area contributed by atoms with Crippen LogP contribution in [0.5, 0.6) is 0 Å². The van der Waals surface area contributed by atoms with Crippen molar-refractivity contribution in [3.63, 3.8) is 0 Å². The maximum absolute atomic E-state index is 5.63. The minimum absolute atomic E-state index is 0.196. The van der Waals surface area contributed by atoms with Gasteiger partial charge in [-0.1, -0.05) is 46.0 Å². The van der Waals surface area contributed by atoms with Gasteiger partial charge in [0.15, 0.2) is 0 Å². The van der Waals surface area contributed by atoms with Crippen molar-refractivity contribution in [3.8, 4) is 0 Å². The van der Waals surface area contributed by atoms with E-state index in [1.807, 2.05) is 0 Å². The van der Waals surface area contributed by atoms with Gasteiger partial charge in [0.2, 0.25) is 0 Å². The Morgan fingerprint density at radius 2 is 2.00 bits per heavy atom. The fourth-order valence-electron chi connectivity index (χ4n) is 1.04. The van der Waals surface area contributed by atoms with Crippen molar-refractivity contribution < 1.29 is 0 Å². The van der Waals surface area contributed by atoms with Gasteiger partial charge in [0, 0.05) is 0 Å². The monoisotopic (exact) mass is 159 g/mol. The zero-order valence-electron chi connectivity index (χ0n) is 7.40. The third-order valence-electron chi connectivity index (χ3n) is 1.95. The fourth-order valence-corrected chi connectivity index (χ4v) is 1.56. The van der Waals surface area contributed by atoms with Crippen LogP contribution in [-0.2, 0) is 0 Å². The summed E-state index contributed by atoms with van der Waals surface area (Å²) in [5.41, 5.74) is 0.872. The van der Waals surface area contributed by atoms with Gasteiger partial charge in [0.1, 0.15) is 0 Å². The summed E-state index contributed by atoms with van der Waals surface area (Å²) in [5, 5.41) is 5.63. The lowest BCUT2D eigenvalue weighted by molar-refractivity contribution is 0.622. The van der Waals surface area contributed by atoms with Crippen LogP contribution in [0.4, 0.5) is 0 Å². The van der Waals surface area contributed by atoms with Crippen molar-refractivity contribution in [1.82, 2.24) is 0 Å². The summed E-state index contributed by atoms with van der Waals surface area (Å²) in [6, 6.07) is 0. The summed E-state index contributed by atoms with van der Waals surface area (Å²) in [6.45, 7) is 4.54. The fraction of sp³-hybridized carbons (Fsp3) is 1.00. The molecule has 0 saturated carbocycles. The summed E-state index contributed by atoms with van der Waals surface area (Å²) in [6.07, 6.45) is 6.93. The van der Waals surface area contributed by atoms with Crippen molar-refractivity contribution in [2.45, 2.75) is 51.5 Å². The van der Waals surface area contributed by atoms with Crippen LogP contribution in [0.25, 0.3) is 0 Å². The zero-order chi connectivity index (χ0) is 7.82. The molecule has 0 radical (unpaired) electrons. The lowest BCUT2D eigenvalue weighted by atomic mass is 10.1. The molecule has 0 aromatic rings. The third kappa shape index (κ3) is 6.30. The van der Waals surface area contributed by atoms with E-state index < -0.39 is 0 Å². The van der Waals surface area contributed by atoms with Crippen molar-refractivity contribution in [3.05, 3.63) is 0 Å². The molecule has 0 bridgehead atoms. The number of nitrogens with two attached hydrogens (primary N) is 1. The molecule has 10 heavy (non-hydrogen) atoms. The first kappa shape index (κ1) is 10.2. The quantitative estimate of drug-likeness (QED) is 0.464. The van der Waals surface area contributed by atoms with Crippen LogP contribution in [0.2, 0.25) is 5.54 Å². The lowest BCUT2D eigenvalue weighted by Crippen LogP contribution is -2.10. The Morgan fingerprint density at radius 3 is 2.50 bits per heavy atom. The smallest absolute Gasteiger partial charge is 0.0916 e. The lowest BCUT2D eigenvalue weighted by Gasteiger charge is -2.05. The van der Waals surface area contributed by atoms with E-state index in [1.165, 1.54) is 32.1 Å². The second kappa shape index (κ2) is 7.29. The molecule has 0 aliphatic rings. The van der Waals surface area contributed by atoms with E-state index in [4.69, 9.17) is 5.40 Å². The average Bonchev–Trinajstić information content (AvgIpc) is 1.98.